The molecule has 2 rings (SSSR count). The van der Waals surface area contributed by atoms with Gasteiger partial charge in [0.2, 0.25) is 0 Å². The third-order valence-electron chi connectivity index (χ3n) is 2.61. The summed E-state index contributed by atoms with van der Waals surface area (Å²) in [4.78, 5) is 18.4. The summed E-state index contributed by atoms with van der Waals surface area (Å²) in [6.45, 7) is 1.66. The number of benzene rings is 1. The number of aromatic nitrogens is 2. The molecule has 0 aliphatic rings. The van der Waals surface area contributed by atoms with Crippen molar-refractivity contribution in [2.45, 2.75) is 13.5 Å². The number of hydrogen-bond donors (Lipinski definition) is 3. The van der Waals surface area contributed by atoms with Crippen molar-refractivity contribution in [3.8, 4) is 0 Å². The Kier molecular flexibility index (Phi) is 3.71. The highest BCUT2D eigenvalue weighted by atomic mass is 35.5. The fraction of sp³-hybridized carbons (Fsp3) is 0.167. The van der Waals surface area contributed by atoms with Gasteiger partial charge in [0.25, 0.3) is 5.91 Å². The van der Waals surface area contributed by atoms with E-state index in [1.165, 1.54) is 12.1 Å². The summed E-state index contributed by atoms with van der Waals surface area (Å²) in [7, 11) is 0. The lowest BCUT2D eigenvalue weighted by Crippen LogP contribution is -2.24. The second kappa shape index (κ2) is 5.27. The SMILES string of the molecule is Cc1[nH]c(N)nc1C(=O)NCc1c(F)cccc1Cl. The molecule has 0 aliphatic heterocycles. The highest BCUT2D eigenvalue weighted by Crippen LogP contribution is 2.18. The van der Waals surface area contributed by atoms with Crippen LogP contribution in [0.25, 0.3) is 0 Å². The zero-order chi connectivity index (χ0) is 14.0. The molecule has 1 aromatic carbocycles. The normalized spacial score (nSPS) is 10.5. The van der Waals surface area contributed by atoms with E-state index in [9.17, 15) is 9.18 Å². The number of hydrogen-bond acceptors (Lipinski definition) is 3. The molecule has 0 saturated heterocycles. The lowest BCUT2D eigenvalue weighted by molar-refractivity contribution is 0.0945. The van der Waals surface area contributed by atoms with Gasteiger partial charge in [0.1, 0.15) is 5.82 Å². The molecular weight excluding hydrogens is 271 g/mol. The third kappa shape index (κ3) is 2.85. The van der Waals surface area contributed by atoms with E-state index in [-0.39, 0.29) is 28.8 Å². The first-order valence-electron chi connectivity index (χ1n) is 5.52. The molecule has 0 saturated carbocycles. The van der Waals surface area contributed by atoms with Gasteiger partial charge >= 0.3 is 0 Å². The molecular formula is C12H12ClFN4O. The molecule has 1 amide bonds. The first-order valence-corrected chi connectivity index (χ1v) is 5.90. The molecule has 5 nitrogen and oxygen atoms in total. The van der Waals surface area contributed by atoms with Crippen LogP contribution in [0.3, 0.4) is 0 Å². The number of carbonyl (C=O) groups excluding carboxylic acids is 1. The van der Waals surface area contributed by atoms with Crippen molar-refractivity contribution in [3.05, 3.63) is 46.0 Å². The van der Waals surface area contributed by atoms with Gasteiger partial charge in [0, 0.05) is 22.8 Å². The molecule has 19 heavy (non-hydrogen) atoms. The van der Waals surface area contributed by atoms with Crippen LogP contribution in [0, 0.1) is 12.7 Å². The number of rotatable bonds is 3. The van der Waals surface area contributed by atoms with Crippen LogP contribution in [-0.4, -0.2) is 15.9 Å². The molecule has 0 fully saturated rings. The maximum atomic E-state index is 13.5. The maximum Gasteiger partial charge on any atom is 0.272 e. The standard InChI is InChI=1S/C12H12ClFN4O/c1-6-10(18-12(15)17-6)11(19)16-5-7-8(13)3-2-4-9(7)14/h2-4H,5H2,1H3,(H,16,19)(H3,15,17,18). The molecule has 100 valence electrons. The van der Waals surface area contributed by atoms with Crippen molar-refractivity contribution in [3.63, 3.8) is 0 Å². The molecule has 0 spiro atoms. The zero-order valence-electron chi connectivity index (χ0n) is 10.1. The second-order valence-electron chi connectivity index (χ2n) is 3.98. The van der Waals surface area contributed by atoms with Crippen LogP contribution in [0.2, 0.25) is 5.02 Å². The van der Waals surface area contributed by atoms with Crippen molar-refractivity contribution < 1.29 is 9.18 Å². The Hall–Kier alpha value is -2.08. The number of nitrogen functional groups attached to an aromatic ring is 1. The van der Waals surface area contributed by atoms with Crippen LogP contribution in [0.15, 0.2) is 18.2 Å². The highest BCUT2D eigenvalue weighted by Gasteiger charge is 2.15. The highest BCUT2D eigenvalue weighted by molar-refractivity contribution is 6.31. The fourth-order valence-electron chi connectivity index (χ4n) is 1.66. The van der Waals surface area contributed by atoms with E-state index in [4.69, 9.17) is 17.3 Å². The number of nitrogens with zero attached hydrogens (tertiary/aromatic N) is 1. The van der Waals surface area contributed by atoms with Gasteiger partial charge in [0.15, 0.2) is 11.6 Å². The predicted molar refractivity (Wildman–Crippen MR) is 70.3 cm³/mol. The van der Waals surface area contributed by atoms with Crippen molar-refractivity contribution >= 4 is 23.5 Å². The Labute approximate surface area is 114 Å². The number of carbonyl (C=O) groups is 1. The predicted octanol–water partition coefficient (Wildman–Crippen LogP) is 2.02. The second-order valence-corrected chi connectivity index (χ2v) is 4.39. The summed E-state index contributed by atoms with van der Waals surface area (Å²) in [6, 6.07) is 4.34. The molecule has 0 aliphatic carbocycles. The number of imidazole rings is 1. The van der Waals surface area contributed by atoms with Gasteiger partial charge in [-0.3, -0.25) is 4.79 Å². The van der Waals surface area contributed by atoms with Crippen molar-refractivity contribution in [1.82, 2.24) is 15.3 Å². The molecule has 0 atom stereocenters. The van der Waals surface area contributed by atoms with Crippen molar-refractivity contribution in [2.75, 3.05) is 5.73 Å². The molecule has 0 bridgehead atoms. The monoisotopic (exact) mass is 282 g/mol. The number of aryl methyl sites for hydroxylation is 1. The number of nitrogens with two attached hydrogens (primary N) is 1. The average Bonchev–Trinajstić information content (AvgIpc) is 2.67. The van der Waals surface area contributed by atoms with Crippen LogP contribution in [0.4, 0.5) is 10.3 Å². The summed E-state index contributed by atoms with van der Waals surface area (Å²) in [5.41, 5.74) is 6.42. The molecule has 1 aromatic heterocycles. The molecule has 1 heterocycles. The Morgan fingerprint density at radius 3 is 2.89 bits per heavy atom. The quantitative estimate of drug-likeness (QED) is 0.805. The van der Waals surface area contributed by atoms with Crippen molar-refractivity contribution in [1.29, 1.82) is 0 Å². The minimum Gasteiger partial charge on any atom is -0.369 e. The van der Waals surface area contributed by atoms with Crippen LogP contribution in [0.1, 0.15) is 21.7 Å². The Bertz CT molecular complexity index is 606. The number of halogens is 2. The van der Waals surface area contributed by atoms with Crippen LogP contribution in [-0.2, 0) is 6.54 Å². The molecule has 0 unspecified atom stereocenters. The van der Waals surface area contributed by atoms with Gasteiger partial charge in [-0.2, -0.15) is 0 Å². The van der Waals surface area contributed by atoms with Gasteiger partial charge in [-0.15, -0.1) is 0 Å². The smallest absolute Gasteiger partial charge is 0.272 e. The van der Waals surface area contributed by atoms with E-state index in [2.05, 4.69) is 15.3 Å². The Morgan fingerprint density at radius 1 is 1.58 bits per heavy atom. The van der Waals surface area contributed by atoms with E-state index >= 15 is 0 Å². The topological polar surface area (TPSA) is 83.8 Å². The lowest BCUT2D eigenvalue weighted by atomic mass is 10.2. The maximum absolute atomic E-state index is 13.5. The zero-order valence-corrected chi connectivity index (χ0v) is 10.9. The van der Waals surface area contributed by atoms with Crippen molar-refractivity contribution in [2.24, 2.45) is 0 Å². The molecule has 2 aromatic rings. The minimum absolute atomic E-state index is 0.0173. The number of H-pyrrole nitrogens is 1. The Morgan fingerprint density at radius 2 is 2.32 bits per heavy atom. The number of anilines is 1. The van der Waals surface area contributed by atoms with Gasteiger partial charge < -0.3 is 16.0 Å². The van der Waals surface area contributed by atoms with Gasteiger partial charge in [0.05, 0.1) is 0 Å². The van der Waals surface area contributed by atoms with E-state index in [1.807, 2.05) is 0 Å². The first kappa shape index (κ1) is 13.4. The van der Waals surface area contributed by atoms with Crippen LogP contribution >= 0.6 is 11.6 Å². The minimum atomic E-state index is -0.467. The summed E-state index contributed by atoms with van der Waals surface area (Å²) >= 11 is 5.86. The fourth-order valence-corrected chi connectivity index (χ4v) is 1.89. The third-order valence-corrected chi connectivity index (χ3v) is 2.96. The van der Waals surface area contributed by atoms with E-state index in [0.29, 0.717) is 5.69 Å². The van der Waals surface area contributed by atoms with Gasteiger partial charge in [-0.05, 0) is 19.1 Å². The lowest BCUT2D eigenvalue weighted by Gasteiger charge is -2.07. The summed E-state index contributed by atoms with van der Waals surface area (Å²) in [5, 5.41) is 2.81. The van der Waals surface area contributed by atoms with E-state index < -0.39 is 11.7 Å². The summed E-state index contributed by atoms with van der Waals surface area (Å²) in [5.74, 6) is -0.748. The van der Waals surface area contributed by atoms with Crippen LogP contribution in [0.5, 0.6) is 0 Å². The summed E-state index contributed by atoms with van der Waals surface area (Å²) < 4.78 is 13.5. The van der Waals surface area contributed by atoms with Gasteiger partial charge in [-0.25, -0.2) is 9.37 Å². The average molecular weight is 283 g/mol. The summed E-state index contributed by atoms with van der Waals surface area (Å²) in [6.07, 6.45) is 0. The number of nitrogens with one attached hydrogen (secondary N) is 2. The molecule has 0 radical (unpaired) electrons. The van der Waals surface area contributed by atoms with Gasteiger partial charge in [-0.1, -0.05) is 17.7 Å². The Balaban J connectivity index is 2.11. The van der Waals surface area contributed by atoms with E-state index in [0.717, 1.165) is 0 Å². The first-order chi connectivity index (χ1) is 8.99. The number of amides is 1. The number of aromatic amines is 1. The molecule has 7 heteroatoms. The van der Waals surface area contributed by atoms with E-state index in [1.54, 1.807) is 13.0 Å². The van der Waals surface area contributed by atoms with Crippen LogP contribution < -0.4 is 11.1 Å². The molecule has 4 N–H and O–H groups in total. The largest absolute Gasteiger partial charge is 0.369 e.